The average molecular weight is 575 g/mol. The molecule has 2 aromatic heterocycles. The van der Waals surface area contributed by atoms with Gasteiger partial charge >= 0.3 is 0 Å². The Bertz CT molecular complexity index is 2560. The Morgan fingerprint density at radius 1 is 0.378 bits per heavy atom. The van der Waals surface area contributed by atoms with Gasteiger partial charge in [-0.3, -0.25) is 0 Å². The second-order valence-electron chi connectivity index (χ2n) is 11.5. The summed E-state index contributed by atoms with van der Waals surface area (Å²) < 4.78 is 6.44. The third-order valence-electron chi connectivity index (χ3n) is 8.75. The zero-order valence-electron chi connectivity index (χ0n) is 24.3. The van der Waals surface area contributed by atoms with E-state index >= 15 is 0 Å². The Hall–Kier alpha value is -6.06. The molecule has 0 aliphatic carbocycles. The summed E-state index contributed by atoms with van der Waals surface area (Å²) in [5.74, 6) is 0. The predicted octanol–water partition coefficient (Wildman–Crippen LogP) is 11.4. The Balaban J connectivity index is 1.11. The van der Waals surface area contributed by atoms with E-state index in [0.29, 0.717) is 5.58 Å². The molecule has 7 aromatic carbocycles. The summed E-state index contributed by atoms with van der Waals surface area (Å²) in [6, 6.07) is 53.7. The monoisotopic (exact) mass is 574 g/mol. The topological polar surface area (TPSA) is 38.9 Å². The average Bonchev–Trinajstić information content (AvgIpc) is 3.49. The largest absolute Gasteiger partial charge is 0.452 e. The van der Waals surface area contributed by atoms with Gasteiger partial charge in [0.15, 0.2) is 5.58 Å². The molecule has 9 aromatic rings. The van der Waals surface area contributed by atoms with Crippen LogP contribution in [-0.2, 0) is 0 Å². The minimum atomic E-state index is 0.699. The predicted molar refractivity (Wildman–Crippen MR) is 186 cm³/mol. The minimum Gasteiger partial charge on any atom is -0.452 e. The van der Waals surface area contributed by atoms with Crippen LogP contribution in [0.15, 0.2) is 162 Å². The molecule has 2 heterocycles. The van der Waals surface area contributed by atoms with Gasteiger partial charge in [0.1, 0.15) is 23.1 Å². The van der Waals surface area contributed by atoms with E-state index in [1.54, 1.807) is 6.33 Å². The van der Waals surface area contributed by atoms with Crippen molar-refractivity contribution in [2.24, 2.45) is 0 Å². The van der Waals surface area contributed by atoms with Gasteiger partial charge in [-0.1, -0.05) is 115 Å². The molecule has 3 heteroatoms. The lowest BCUT2D eigenvalue weighted by Gasteiger charge is -2.08. The molecule has 0 amide bonds. The first-order valence-corrected chi connectivity index (χ1v) is 15.1. The first kappa shape index (κ1) is 25.4. The number of rotatable bonds is 4. The van der Waals surface area contributed by atoms with Crippen LogP contribution in [0.1, 0.15) is 0 Å². The summed E-state index contributed by atoms with van der Waals surface area (Å²) in [5.41, 5.74) is 11.1. The maximum absolute atomic E-state index is 6.44. The summed E-state index contributed by atoms with van der Waals surface area (Å²) in [7, 11) is 0. The molecule has 0 fully saturated rings. The molecule has 0 saturated heterocycles. The second kappa shape index (κ2) is 10.3. The fourth-order valence-electron chi connectivity index (χ4n) is 6.42. The molecule has 0 N–H and O–H groups in total. The zero-order chi connectivity index (χ0) is 29.7. The van der Waals surface area contributed by atoms with Crippen LogP contribution < -0.4 is 0 Å². The minimum absolute atomic E-state index is 0.699. The molecular weight excluding hydrogens is 548 g/mol. The maximum atomic E-state index is 6.44. The van der Waals surface area contributed by atoms with E-state index in [0.717, 1.165) is 44.4 Å². The van der Waals surface area contributed by atoms with Gasteiger partial charge in [0.25, 0.3) is 0 Å². The Labute approximate surface area is 260 Å². The summed E-state index contributed by atoms with van der Waals surface area (Å²) in [6.07, 6.45) is 1.64. The van der Waals surface area contributed by atoms with Gasteiger partial charge in [-0.05, 0) is 91.3 Å². The van der Waals surface area contributed by atoms with E-state index in [1.807, 2.05) is 6.07 Å². The second-order valence-corrected chi connectivity index (χ2v) is 11.5. The summed E-state index contributed by atoms with van der Waals surface area (Å²) in [6.45, 7) is 0. The highest BCUT2D eigenvalue weighted by atomic mass is 16.3. The lowest BCUT2D eigenvalue weighted by molar-refractivity contribution is 0.667. The van der Waals surface area contributed by atoms with Crippen molar-refractivity contribution in [1.29, 1.82) is 0 Å². The number of hydrogen-bond acceptors (Lipinski definition) is 3. The SMILES string of the molecule is c1cc(-c2ccc3ccccc3c2)cc(-c2ccc3oc4c(-c5cccc(-c6ccc7ccccc7c6)c5)ncnc4c3c2)c1. The van der Waals surface area contributed by atoms with Crippen LogP contribution in [0.3, 0.4) is 0 Å². The molecule has 0 aliphatic rings. The number of benzene rings is 7. The third kappa shape index (κ3) is 4.45. The molecule has 3 nitrogen and oxygen atoms in total. The van der Waals surface area contributed by atoms with E-state index in [1.165, 1.54) is 38.2 Å². The van der Waals surface area contributed by atoms with E-state index in [-0.39, 0.29) is 0 Å². The molecule has 0 saturated carbocycles. The van der Waals surface area contributed by atoms with Crippen LogP contribution in [0.25, 0.3) is 88.3 Å². The zero-order valence-corrected chi connectivity index (χ0v) is 24.3. The van der Waals surface area contributed by atoms with Gasteiger partial charge in [-0.25, -0.2) is 9.97 Å². The van der Waals surface area contributed by atoms with Gasteiger partial charge in [-0.2, -0.15) is 0 Å². The van der Waals surface area contributed by atoms with Crippen molar-refractivity contribution in [2.75, 3.05) is 0 Å². The first-order chi connectivity index (χ1) is 22.3. The number of aromatic nitrogens is 2. The molecule has 210 valence electrons. The van der Waals surface area contributed by atoms with Crippen LogP contribution in [0.4, 0.5) is 0 Å². The molecule has 0 unspecified atom stereocenters. The lowest BCUT2D eigenvalue weighted by Crippen LogP contribution is -1.88. The van der Waals surface area contributed by atoms with Gasteiger partial charge in [0.2, 0.25) is 0 Å². The molecule has 0 bridgehead atoms. The molecule has 0 radical (unpaired) electrons. The van der Waals surface area contributed by atoms with Crippen molar-refractivity contribution >= 4 is 43.6 Å². The van der Waals surface area contributed by atoms with Crippen molar-refractivity contribution in [3.8, 4) is 44.6 Å². The van der Waals surface area contributed by atoms with Gasteiger partial charge in [-0.15, -0.1) is 0 Å². The highest BCUT2D eigenvalue weighted by Gasteiger charge is 2.16. The van der Waals surface area contributed by atoms with Crippen molar-refractivity contribution in [3.05, 3.63) is 158 Å². The standard InChI is InChI=1S/C42H26N2O/c1-3-9-29-21-34(17-15-27(29)7-1)31-11-5-12-32(23-31)36-19-20-39-38(25-36)41-42(45-39)40(43-26-44-41)37-14-6-13-33(24-37)35-18-16-28-8-2-4-10-30(28)22-35/h1-26H. The van der Waals surface area contributed by atoms with E-state index in [9.17, 15) is 0 Å². The fraction of sp³-hybridized carbons (Fsp3) is 0. The third-order valence-corrected chi connectivity index (χ3v) is 8.75. The van der Waals surface area contributed by atoms with E-state index in [2.05, 4.69) is 146 Å². The molecule has 0 aliphatic heterocycles. The quantitative estimate of drug-likeness (QED) is 0.210. The molecule has 0 atom stereocenters. The normalized spacial score (nSPS) is 11.6. The Morgan fingerprint density at radius 3 is 1.53 bits per heavy atom. The number of hydrogen-bond donors (Lipinski definition) is 0. The summed E-state index contributed by atoms with van der Waals surface area (Å²) >= 11 is 0. The van der Waals surface area contributed by atoms with Crippen LogP contribution in [0.5, 0.6) is 0 Å². The molecule has 0 spiro atoms. The van der Waals surface area contributed by atoms with Crippen LogP contribution in [0, 0.1) is 0 Å². The van der Waals surface area contributed by atoms with Gasteiger partial charge in [0, 0.05) is 10.9 Å². The number of nitrogens with zero attached hydrogens (tertiary/aromatic N) is 2. The maximum Gasteiger partial charge on any atom is 0.180 e. The summed E-state index contributed by atoms with van der Waals surface area (Å²) in [5, 5.41) is 5.92. The molecule has 9 rings (SSSR count). The van der Waals surface area contributed by atoms with E-state index in [4.69, 9.17) is 14.4 Å². The summed E-state index contributed by atoms with van der Waals surface area (Å²) in [4.78, 5) is 9.39. The van der Waals surface area contributed by atoms with Crippen LogP contribution >= 0.6 is 0 Å². The van der Waals surface area contributed by atoms with Crippen molar-refractivity contribution in [1.82, 2.24) is 9.97 Å². The van der Waals surface area contributed by atoms with Crippen molar-refractivity contribution in [2.45, 2.75) is 0 Å². The molecular formula is C42H26N2O. The smallest absolute Gasteiger partial charge is 0.180 e. The Morgan fingerprint density at radius 2 is 0.889 bits per heavy atom. The van der Waals surface area contributed by atoms with Crippen LogP contribution in [-0.4, -0.2) is 9.97 Å². The molecule has 45 heavy (non-hydrogen) atoms. The van der Waals surface area contributed by atoms with Crippen molar-refractivity contribution in [3.63, 3.8) is 0 Å². The number of furan rings is 1. The van der Waals surface area contributed by atoms with Gasteiger partial charge in [0.05, 0.1) is 0 Å². The van der Waals surface area contributed by atoms with Crippen LogP contribution in [0.2, 0.25) is 0 Å². The lowest BCUT2D eigenvalue weighted by atomic mass is 9.96. The fourth-order valence-corrected chi connectivity index (χ4v) is 6.42. The van der Waals surface area contributed by atoms with Crippen molar-refractivity contribution < 1.29 is 4.42 Å². The van der Waals surface area contributed by atoms with E-state index < -0.39 is 0 Å². The number of fused-ring (bicyclic) bond motifs is 5. The Kier molecular flexibility index (Phi) is 5.82. The highest BCUT2D eigenvalue weighted by molar-refractivity contribution is 6.07. The first-order valence-electron chi connectivity index (χ1n) is 15.1. The highest BCUT2D eigenvalue weighted by Crippen LogP contribution is 2.37. The van der Waals surface area contributed by atoms with Gasteiger partial charge < -0.3 is 4.42 Å².